The fourth-order valence-corrected chi connectivity index (χ4v) is 6.81. The Labute approximate surface area is 264 Å². The lowest BCUT2D eigenvalue weighted by molar-refractivity contribution is -0.871. The van der Waals surface area contributed by atoms with Crippen molar-refractivity contribution in [1.82, 2.24) is 0 Å². The lowest BCUT2D eigenvalue weighted by atomic mass is 9.81. The van der Waals surface area contributed by atoms with Crippen LogP contribution in [0.25, 0.3) is 0 Å². The van der Waals surface area contributed by atoms with Gasteiger partial charge in [-0.1, -0.05) is 66.2 Å². The first-order valence-electron chi connectivity index (χ1n) is 15.5. The molecule has 0 aliphatic carbocycles. The third kappa shape index (κ3) is 7.18. The van der Waals surface area contributed by atoms with E-state index in [4.69, 9.17) is 0 Å². The van der Waals surface area contributed by atoms with Gasteiger partial charge in [0.05, 0.1) is 67.2 Å². The van der Waals surface area contributed by atoms with Crippen LogP contribution in [0.1, 0.15) is 51.7 Å². The maximum Gasteiger partial charge on any atom is 0.209 e. The van der Waals surface area contributed by atoms with E-state index >= 15 is 0 Å². The minimum Gasteiger partial charge on any atom is -0.344 e. The summed E-state index contributed by atoms with van der Waals surface area (Å²) in [5.74, 6) is 0. The maximum atomic E-state index is 3.91. The smallest absolute Gasteiger partial charge is 0.209 e. The van der Waals surface area contributed by atoms with E-state index < -0.39 is 0 Å². The number of quaternary nitrogens is 2. The van der Waals surface area contributed by atoms with Gasteiger partial charge < -0.3 is 13.9 Å². The number of benzene rings is 2. The largest absolute Gasteiger partial charge is 0.344 e. The van der Waals surface area contributed by atoms with Crippen LogP contribution in [0.3, 0.4) is 0 Å². The van der Waals surface area contributed by atoms with Gasteiger partial charge in [-0.25, -0.2) is 0 Å². The Hall–Kier alpha value is -2.47. The summed E-state index contributed by atoms with van der Waals surface area (Å²) in [7, 11) is 13.7. The summed E-state index contributed by atoms with van der Waals surface area (Å²) in [6.07, 6.45) is 11.4. The van der Waals surface area contributed by atoms with Crippen LogP contribution in [0.2, 0.25) is 0 Å². The third-order valence-corrected chi connectivity index (χ3v) is 9.35. The molecule has 0 amide bonds. The molecule has 2 aliphatic rings. The zero-order valence-corrected chi connectivity index (χ0v) is 29.4. The van der Waals surface area contributed by atoms with Gasteiger partial charge in [0.2, 0.25) is 5.69 Å². The van der Waals surface area contributed by atoms with Crippen molar-refractivity contribution in [2.75, 3.05) is 73.4 Å². The van der Waals surface area contributed by atoms with E-state index in [-0.39, 0.29) is 10.8 Å². The minimum absolute atomic E-state index is 0.0487. The van der Waals surface area contributed by atoms with E-state index in [1.165, 1.54) is 33.9 Å². The number of hydrogen-bond donors (Lipinski definition) is 0. The summed E-state index contributed by atoms with van der Waals surface area (Å²) in [6.45, 7) is 13.8. The molecule has 0 bridgehead atoms. The first-order valence-corrected chi connectivity index (χ1v) is 16.3. The Balaban J connectivity index is 1.64. The van der Waals surface area contributed by atoms with Gasteiger partial charge in [-0.2, -0.15) is 4.58 Å². The molecule has 5 heteroatoms. The minimum atomic E-state index is -0.0487. The summed E-state index contributed by atoms with van der Waals surface area (Å²) in [4.78, 5) is 2.55. The highest BCUT2D eigenvalue weighted by Crippen LogP contribution is 2.47. The van der Waals surface area contributed by atoms with Gasteiger partial charge >= 0.3 is 0 Å². The SMILES string of the molecule is CC1(C)C(/C=C/C(Br)=C/C=C2/N(CCC[N+](C)(C)C)c3ccccc3C2(C)C)=[N+](CCC[N+](C)(C)C)c2ccccc21. The molecular weight excluding hydrogens is 580 g/mol. The normalized spacial score (nSPS) is 19.3. The molecule has 226 valence electrons. The van der Waals surface area contributed by atoms with Crippen molar-refractivity contribution in [3.8, 4) is 0 Å². The summed E-state index contributed by atoms with van der Waals surface area (Å²) in [6, 6.07) is 17.9. The van der Waals surface area contributed by atoms with Gasteiger partial charge in [-0.3, -0.25) is 0 Å². The van der Waals surface area contributed by atoms with Crippen molar-refractivity contribution < 1.29 is 13.5 Å². The van der Waals surface area contributed by atoms with Gasteiger partial charge in [0.15, 0.2) is 12.3 Å². The second-order valence-electron chi connectivity index (χ2n) is 15.1. The van der Waals surface area contributed by atoms with E-state index in [0.717, 1.165) is 52.5 Å². The Bertz CT molecular complexity index is 1410. The summed E-state index contributed by atoms with van der Waals surface area (Å²) < 4.78 is 5.60. The monoisotopic (exact) mass is 633 g/mol. The number of halogens is 1. The number of anilines is 1. The fraction of sp³-hybridized carbons (Fsp3) is 0.486. The van der Waals surface area contributed by atoms with Crippen LogP contribution in [0, 0.1) is 0 Å². The molecule has 0 saturated carbocycles. The molecule has 2 aromatic rings. The van der Waals surface area contributed by atoms with E-state index in [1.807, 2.05) is 0 Å². The number of allylic oxidation sites excluding steroid dienone is 6. The van der Waals surface area contributed by atoms with Crippen LogP contribution in [-0.2, 0) is 10.8 Å². The highest BCUT2D eigenvalue weighted by Gasteiger charge is 2.44. The molecule has 0 atom stereocenters. The molecule has 0 aromatic heterocycles. The molecule has 2 aromatic carbocycles. The van der Waals surface area contributed by atoms with E-state index in [0.29, 0.717) is 0 Å². The van der Waals surface area contributed by atoms with Crippen molar-refractivity contribution in [1.29, 1.82) is 0 Å². The Morgan fingerprint density at radius 3 is 2.07 bits per heavy atom. The van der Waals surface area contributed by atoms with E-state index in [1.54, 1.807) is 0 Å². The molecule has 2 heterocycles. The lowest BCUT2D eigenvalue weighted by Crippen LogP contribution is -2.37. The number of para-hydroxylation sites is 2. The van der Waals surface area contributed by atoms with Gasteiger partial charge in [-0.15, -0.1) is 0 Å². The zero-order valence-electron chi connectivity index (χ0n) is 27.8. The molecule has 4 rings (SSSR count). The second kappa shape index (κ2) is 12.3. The summed E-state index contributed by atoms with van der Waals surface area (Å²) in [5, 5.41) is 0. The van der Waals surface area contributed by atoms with Crippen molar-refractivity contribution in [3.05, 3.63) is 94.1 Å². The molecule has 0 N–H and O–H groups in total. The molecule has 0 spiro atoms. The molecule has 0 fully saturated rings. The quantitative estimate of drug-likeness (QED) is 0.139. The zero-order chi connectivity index (χ0) is 30.9. The highest BCUT2D eigenvalue weighted by molar-refractivity contribution is 9.11. The number of fused-ring (bicyclic) bond motifs is 2. The van der Waals surface area contributed by atoms with Crippen molar-refractivity contribution in [2.24, 2.45) is 0 Å². The van der Waals surface area contributed by atoms with Crippen LogP contribution in [-0.4, -0.2) is 87.7 Å². The number of rotatable bonds is 11. The van der Waals surface area contributed by atoms with E-state index in [9.17, 15) is 0 Å². The standard InChI is InChI=1S/C37H54BrN4/c1-36(2)30-17-11-13-19-32(30)39(25-15-27-41(5,6)7)34(36)23-21-29(38)22-24-35-37(3,4)31-18-12-14-20-33(31)40(35)26-16-28-42(8,9)10/h11-14,17-24H,15-16,25-28H2,1-10H3/q+3. The highest BCUT2D eigenvalue weighted by atomic mass is 79.9. The van der Waals surface area contributed by atoms with Gasteiger partial charge in [0, 0.05) is 52.0 Å². The second-order valence-corrected chi connectivity index (χ2v) is 16.1. The van der Waals surface area contributed by atoms with Gasteiger partial charge in [0.25, 0.3) is 0 Å². The van der Waals surface area contributed by atoms with Gasteiger partial charge in [0.1, 0.15) is 0 Å². The van der Waals surface area contributed by atoms with E-state index in [2.05, 4.69) is 168 Å². The predicted molar refractivity (Wildman–Crippen MR) is 185 cm³/mol. The van der Waals surface area contributed by atoms with Gasteiger partial charge in [-0.05, 0) is 43.7 Å². The average Bonchev–Trinajstić information content (AvgIpc) is 3.24. The first kappa shape index (κ1) is 32.4. The van der Waals surface area contributed by atoms with Crippen molar-refractivity contribution in [3.63, 3.8) is 0 Å². The average molecular weight is 635 g/mol. The Kier molecular flexibility index (Phi) is 9.47. The number of nitrogens with zero attached hydrogens (tertiary/aromatic N) is 4. The van der Waals surface area contributed by atoms with Crippen molar-refractivity contribution >= 4 is 33.0 Å². The van der Waals surface area contributed by atoms with Crippen LogP contribution in [0.15, 0.2) is 83.0 Å². The Morgan fingerprint density at radius 2 is 1.40 bits per heavy atom. The third-order valence-electron chi connectivity index (χ3n) is 8.82. The Morgan fingerprint density at radius 1 is 0.810 bits per heavy atom. The van der Waals surface area contributed by atoms with Crippen LogP contribution in [0.5, 0.6) is 0 Å². The molecular formula is C37H54BrN4+3. The molecule has 42 heavy (non-hydrogen) atoms. The topological polar surface area (TPSA) is 6.25 Å². The lowest BCUT2D eigenvalue weighted by Gasteiger charge is -2.29. The van der Waals surface area contributed by atoms with Crippen molar-refractivity contribution in [2.45, 2.75) is 51.4 Å². The van der Waals surface area contributed by atoms with Crippen LogP contribution < -0.4 is 4.90 Å². The maximum absolute atomic E-state index is 3.91. The molecule has 2 aliphatic heterocycles. The van der Waals surface area contributed by atoms with Crippen LogP contribution >= 0.6 is 15.9 Å². The molecule has 0 saturated heterocycles. The predicted octanol–water partition coefficient (Wildman–Crippen LogP) is 7.77. The summed E-state index contributed by atoms with van der Waals surface area (Å²) >= 11 is 3.91. The first-order chi connectivity index (χ1) is 19.5. The molecule has 0 unspecified atom stereocenters. The number of hydrogen-bond acceptors (Lipinski definition) is 1. The van der Waals surface area contributed by atoms with Crippen LogP contribution in [0.4, 0.5) is 11.4 Å². The molecule has 0 radical (unpaired) electrons. The molecule has 4 nitrogen and oxygen atoms in total. The fourth-order valence-electron chi connectivity index (χ4n) is 6.54. The summed E-state index contributed by atoms with van der Waals surface area (Å²) in [5.41, 5.74) is 8.14.